The molecule has 0 fully saturated rings. The van der Waals surface area contributed by atoms with Gasteiger partial charge in [0.2, 0.25) is 5.91 Å². The molecule has 0 unspecified atom stereocenters. The van der Waals surface area contributed by atoms with Gasteiger partial charge in [0.15, 0.2) is 5.13 Å². The van der Waals surface area contributed by atoms with Gasteiger partial charge in [0, 0.05) is 29.7 Å². The normalized spacial score (nSPS) is 10.6. The molecule has 0 saturated carbocycles. The first kappa shape index (κ1) is 23.1. The molecular weight excluding hydrogens is 462 g/mol. The first-order valence-electron chi connectivity index (χ1n) is 10.3. The number of nitrogens with zero attached hydrogens (tertiary/aromatic N) is 2. The van der Waals surface area contributed by atoms with Crippen LogP contribution in [0, 0.1) is 11.6 Å². The molecule has 0 radical (unpaired) electrons. The van der Waals surface area contributed by atoms with Gasteiger partial charge in [-0.25, -0.2) is 13.8 Å². The van der Waals surface area contributed by atoms with Crippen LogP contribution in [0.5, 0.6) is 0 Å². The van der Waals surface area contributed by atoms with Crippen LogP contribution >= 0.6 is 11.3 Å². The van der Waals surface area contributed by atoms with Crippen molar-refractivity contribution < 1.29 is 22.8 Å². The fourth-order valence-corrected chi connectivity index (χ4v) is 3.79. The van der Waals surface area contributed by atoms with Crippen LogP contribution in [0.4, 0.5) is 25.3 Å². The molecule has 10 heteroatoms. The minimum atomic E-state index is -0.398. The van der Waals surface area contributed by atoms with E-state index in [-0.39, 0.29) is 42.8 Å². The summed E-state index contributed by atoms with van der Waals surface area (Å²) in [5.74, 6) is -0.871. The number of furan rings is 1. The molecule has 2 aromatic heterocycles. The molecule has 0 aliphatic heterocycles. The fraction of sp³-hybridized carbons (Fsp3) is 0.125. The van der Waals surface area contributed by atoms with Gasteiger partial charge >= 0.3 is 0 Å². The smallest absolute Gasteiger partial charge is 0.273 e. The summed E-state index contributed by atoms with van der Waals surface area (Å²) in [6, 6.07) is 14.7. The maximum atomic E-state index is 13.2. The summed E-state index contributed by atoms with van der Waals surface area (Å²) in [4.78, 5) is 31.4. The molecule has 2 heterocycles. The molecule has 2 aromatic carbocycles. The lowest BCUT2D eigenvalue weighted by Gasteiger charge is -2.20. The van der Waals surface area contributed by atoms with Crippen LogP contribution in [0.15, 0.2) is 76.7 Å². The number of hydrogen-bond donors (Lipinski definition) is 2. The predicted molar refractivity (Wildman–Crippen MR) is 125 cm³/mol. The Morgan fingerprint density at radius 3 is 2.29 bits per heavy atom. The van der Waals surface area contributed by atoms with Crippen LogP contribution in [0.3, 0.4) is 0 Å². The number of carbonyl (C=O) groups excluding carboxylic acids is 2. The number of halogens is 2. The molecule has 2 amide bonds. The van der Waals surface area contributed by atoms with Crippen LogP contribution in [0.1, 0.15) is 22.7 Å². The molecule has 7 nitrogen and oxygen atoms in total. The van der Waals surface area contributed by atoms with Crippen molar-refractivity contribution in [2.24, 2.45) is 0 Å². The van der Waals surface area contributed by atoms with Gasteiger partial charge in [-0.1, -0.05) is 0 Å². The molecule has 0 aliphatic rings. The minimum absolute atomic E-state index is 0.0225. The zero-order valence-corrected chi connectivity index (χ0v) is 18.6. The van der Waals surface area contributed by atoms with E-state index in [0.717, 1.165) is 0 Å². The maximum absolute atomic E-state index is 13.2. The lowest BCUT2D eigenvalue weighted by Crippen LogP contribution is -2.33. The second kappa shape index (κ2) is 10.7. The second-order valence-electron chi connectivity index (χ2n) is 7.28. The molecule has 0 saturated heterocycles. The third-order valence-electron chi connectivity index (χ3n) is 4.77. The molecular formula is C24H20F2N4O3S. The average molecular weight is 483 g/mol. The highest BCUT2D eigenvalue weighted by molar-refractivity contribution is 7.14. The van der Waals surface area contributed by atoms with Gasteiger partial charge in [0.05, 0.1) is 12.8 Å². The monoisotopic (exact) mass is 482 g/mol. The van der Waals surface area contributed by atoms with E-state index in [4.69, 9.17) is 4.42 Å². The summed E-state index contributed by atoms with van der Waals surface area (Å²) in [5, 5.41) is 7.80. The first-order chi connectivity index (χ1) is 16.5. The number of carbonyl (C=O) groups is 2. The van der Waals surface area contributed by atoms with Crippen molar-refractivity contribution in [3.63, 3.8) is 0 Å². The summed E-state index contributed by atoms with van der Waals surface area (Å²) in [5.41, 5.74) is 1.31. The van der Waals surface area contributed by atoms with Crippen LogP contribution in [0.2, 0.25) is 0 Å². The molecule has 34 heavy (non-hydrogen) atoms. The second-order valence-corrected chi connectivity index (χ2v) is 8.14. The van der Waals surface area contributed by atoms with Crippen molar-refractivity contribution >= 4 is 39.7 Å². The molecule has 4 rings (SSSR count). The maximum Gasteiger partial charge on any atom is 0.273 e. The van der Waals surface area contributed by atoms with Crippen LogP contribution in [-0.2, 0) is 11.3 Å². The van der Waals surface area contributed by atoms with Crippen molar-refractivity contribution in [1.29, 1.82) is 0 Å². The van der Waals surface area contributed by atoms with E-state index < -0.39 is 5.82 Å². The summed E-state index contributed by atoms with van der Waals surface area (Å²) in [7, 11) is 0. The van der Waals surface area contributed by atoms with Gasteiger partial charge in [-0.15, -0.1) is 11.3 Å². The van der Waals surface area contributed by atoms with Gasteiger partial charge in [-0.2, -0.15) is 0 Å². The standard InChI is InChI=1S/C24H20F2N4O3S/c25-16-3-7-18(8-4-16)27-22(31)11-12-30(14-20-2-1-13-33-20)23(32)21-15-34-24(29-21)28-19-9-5-17(26)6-10-19/h1-10,13,15H,11-12,14H2,(H,27,31)(H,28,29). The van der Waals surface area contributed by atoms with Gasteiger partial charge in [-0.05, 0) is 60.7 Å². The molecule has 0 atom stereocenters. The van der Waals surface area contributed by atoms with E-state index in [0.29, 0.717) is 22.3 Å². The Kier molecular flexibility index (Phi) is 7.28. The van der Waals surface area contributed by atoms with Crippen molar-refractivity contribution in [3.05, 3.63) is 95.4 Å². The van der Waals surface area contributed by atoms with Crippen molar-refractivity contribution in [3.8, 4) is 0 Å². The Morgan fingerprint density at radius 1 is 0.971 bits per heavy atom. The minimum Gasteiger partial charge on any atom is -0.467 e. The zero-order valence-electron chi connectivity index (χ0n) is 17.8. The van der Waals surface area contributed by atoms with E-state index in [9.17, 15) is 18.4 Å². The summed E-state index contributed by atoms with van der Waals surface area (Å²) >= 11 is 1.23. The summed E-state index contributed by atoms with van der Waals surface area (Å²) < 4.78 is 31.5. The number of nitrogens with one attached hydrogen (secondary N) is 2. The quantitative estimate of drug-likeness (QED) is 0.332. The molecule has 4 aromatic rings. The first-order valence-corrected chi connectivity index (χ1v) is 11.2. The molecule has 0 spiro atoms. The Balaban J connectivity index is 1.42. The Morgan fingerprint density at radius 2 is 1.65 bits per heavy atom. The molecule has 2 N–H and O–H groups in total. The Labute approximate surface area is 198 Å². The average Bonchev–Trinajstić information content (AvgIpc) is 3.51. The number of anilines is 3. The zero-order chi connectivity index (χ0) is 23.9. The molecule has 0 bridgehead atoms. The third-order valence-corrected chi connectivity index (χ3v) is 5.53. The predicted octanol–water partition coefficient (Wildman–Crippen LogP) is 5.43. The highest BCUT2D eigenvalue weighted by Gasteiger charge is 2.21. The number of hydrogen-bond acceptors (Lipinski definition) is 6. The Hall–Kier alpha value is -4.05. The fourth-order valence-electron chi connectivity index (χ4n) is 3.08. The Bertz CT molecular complexity index is 1240. The van der Waals surface area contributed by atoms with E-state index in [1.807, 2.05) is 0 Å². The number of aromatic nitrogens is 1. The van der Waals surface area contributed by atoms with E-state index >= 15 is 0 Å². The van der Waals surface area contributed by atoms with Crippen molar-refractivity contribution in [2.75, 3.05) is 17.2 Å². The third kappa shape index (κ3) is 6.26. The molecule has 174 valence electrons. The SMILES string of the molecule is O=C(CCN(Cc1ccco1)C(=O)c1csc(Nc2ccc(F)cc2)n1)Nc1ccc(F)cc1. The van der Waals surface area contributed by atoms with Gasteiger partial charge in [0.25, 0.3) is 5.91 Å². The van der Waals surface area contributed by atoms with Crippen LogP contribution in [0.25, 0.3) is 0 Å². The number of thiazole rings is 1. The lowest BCUT2D eigenvalue weighted by molar-refractivity contribution is -0.116. The van der Waals surface area contributed by atoms with Crippen molar-refractivity contribution in [2.45, 2.75) is 13.0 Å². The highest BCUT2D eigenvalue weighted by Crippen LogP contribution is 2.22. The van der Waals surface area contributed by atoms with E-state index in [1.54, 1.807) is 29.6 Å². The van der Waals surface area contributed by atoms with Crippen molar-refractivity contribution in [1.82, 2.24) is 9.88 Å². The van der Waals surface area contributed by atoms with Crippen LogP contribution in [-0.4, -0.2) is 28.2 Å². The largest absolute Gasteiger partial charge is 0.467 e. The number of benzene rings is 2. The topological polar surface area (TPSA) is 87.5 Å². The number of rotatable bonds is 9. The van der Waals surface area contributed by atoms with E-state index in [1.165, 1.54) is 58.9 Å². The lowest BCUT2D eigenvalue weighted by atomic mass is 10.2. The highest BCUT2D eigenvalue weighted by atomic mass is 32.1. The van der Waals surface area contributed by atoms with Gasteiger partial charge in [0.1, 0.15) is 23.1 Å². The molecule has 0 aliphatic carbocycles. The van der Waals surface area contributed by atoms with Crippen LogP contribution < -0.4 is 10.6 Å². The van der Waals surface area contributed by atoms with Gasteiger partial charge in [-0.3, -0.25) is 9.59 Å². The van der Waals surface area contributed by atoms with E-state index in [2.05, 4.69) is 15.6 Å². The number of amides is 2. The van der Waals surface area contributed by atoms with Gasteiger partial charge < -0.3 is 20.0 Å². The summed E-state index contributed by atoms with van der Waals surface area (Å²) in [6.07, 6.45) is 1.53. The summed E-state index contributed by atoms with van der Waals surface area (Å²) in [6.45, 7) is 0.277.